The van der Waals surface area contributed by atoms with Crippen LogP contribution < -0.4 is 19.7 Å². The van der Waals surface area contributed by atoms with Crippen LogP contribution in [0, 0.1) is 0 Å². The van der Waals surface area contributed by atoms with Crippen LogP contribution in [0.2, 0.25) is 0 Å². The number of nitrogens with zero attached hydrogens (tertiary/aromatic N) is 2. The fourth-order valence-corrected chi connectivity index (χ4v) is 6.34. The Balaban J connectivity index is 1.23. The molecular formula is C38H26N3O2+. The van der Waals surface area contributed by atoms with E-state index in [0.29, 0.717) is 0 Å². The summed E-state index contributed by atoms with van der Waals surface area (Å²) in [6, 6.07) is 46.0. The Bertz CT molecular complexity index is 2120. The van der Waals surface area contributed by atoms with Gasteiger partial charge in [-0.2, -0.15) is 0 Å². The maximum atomic E-state index is 6.76. The molecule has 3 aliphatic heterocycles. The zero-order chi connectivity index (χ0) is 28.3. The fourth-order valence-electron chi connectivity index (χ4n) is 6.34. The van der Waals surface area contributed by atoms with Crippen LogP contribution in [0.15, 0.2) is 145 Å². The number of rotatable bonds is 3. The van der Waals surface area contributed by atoms with Gasteiger partial charge < -0.3 is 9.47 Å². The summed E-state index contributed by atoms with van der Waals surface area (Å²) < 4.78 is 13.2. The maximum absolute atomic E-state index is 6.76. The summed E-state index contributed by atoms with van der Waals surface area (Å²) in [5, 5.41) is 4.54. The van der Waals surface area contributed by atoms with Gasteiger partial charge in [0.05, 0.1) is 22.6 Å². The van der Waals surface area contributed by atoms with Crippen LogP contribution in [-0.2, 0) is 0 Å². The smallest absolute Gasteiger partial charge is 0.214 e. The predicted molar refractivity (Wildman–Crippen MR) is 171 cm³/mol. The normalized spacial score (nSPS) is 16.2. The third kappa shape index (κ3) is 3.86. The van der Waals surface area contributed by atoms with Crippen molar-refractivity contribution in [3.8, 4) is 23.0 Å². The molecule has 1 unspecified atom stereocenters. The first-order valence-electron chi connectivity index (χ1n) is 14.5. The van der Waals surface area contributed by atoms with Gasteiger partial charge in [-0.1, -0.05) is 84.9 Å². The molecule has 3 aliphatic rings. The Hall–Kier alpha value is -5.65. The molecule has 6 aromatic rings. The number of hydrogen-bond donors (Lipinski definition) is 1. The molecule has 9 rings (SSSR count). The Labute approximate surface area is 249 Å². The zero-order valence-corrected chi connectivity index (χ0v) is 23.1. The largest absolute Gasteiger partial charge is 0.453 e. The second-order valence-electron chi connectivity index (χ2n) is 11.0. The SMILES string of the molecule is C1=C(c2ccccc2)[NH2+]C(c2cccc3c2Oc2cccc4c2N3c2cc3ccccc3cc2O4)N=C1c1ccccc1. The molecule has 2 N–H and O–H groups in total. The molecular weight excluding hydrogens is 530 g/mol. The lowest BCUT2D eigenvalue weighted by Gasteiger charge is -2.38. The molecule has 5 heteroatoms. The molecule has 0 aromatic heterocycles. The van der Waals surface area contributed by atoms with Crippen LogP contribution in [0.4, 0.5) is 17.1 Å². The number of fused-ring (bicyclic) bond motifs is 5. The Morgan fingerprint density at radius 1 is 0.581 bits per heavy atom. The van der Waals surface area contributed by atoms with Crippen molar-refractivity contribution in [1.82, 2.24) is 0 Å². The quantitative estimate of drug-likeness (QED) is 0.237. The highest BCUT2D eigenvalue weighted by Crippen LogP contribution is 2.60. The lowest BCUT2D eigenvalue weighted by molar-refractivity contribution is -0.609. The van der Waals surface area contributed by atoms with Crippen LogP contribution in [-0.4, -0.2) is 5.71 Å². The van der Waals surface area contributed by atoms with E-state index in [2.05, 4.69) is 119 Å². The second-order valence-corrected chi connectivity index (χ2v) is 11.0. The van der Waals surface area contributed by atoms with E-state index < -0.39 is 0 Å². The molecule has 0 spiro atoms. The number of para-hydroxylation sites is 2. The molecule has 0 amide bonds. The zero-order valence-electron chi connectivity index (χ0n) is 23.1. The van der Waals surface area contributed by atoms with Crippen LogP contribution in [0.1, 0.15) is 22.9 Å². The third-order valence-electron chi connectivity index (χ3n) is 8.35. The molecule has 43 heavy (non-hydrogen) atoms. The Morgan fingerprint density at radius 3 is 2.05 bits per heavy atom. The molecule has 0 bridgehead atoms. The molecule has 5 nitrogen and oxygen atoms in total. The van der Waals surface area contributed by atoms with Crippen molar-refractivity contribution in [3.05, 3.63) is 156 Å². The van der Waals surface area contributed by atoms with E-state index in [1.165, 1.54) is 0 Å². The Kier molecular flexibility index (Phi) is 5.27. The minimum Gasteiger partial charge on any atom is -0.453 e. The van der Waals surface area contributed by atoms with E-state index in [0.717, 1.165) is 78.9 Å². The fraction of sp³-hybridized carbons (Fsp3) is 0.0263. The van der Waals surface area contributed by atoms with Gasteiger partial charge in [-0.05, 0) is 59.3 Å². The number of nitrogens with two attached hydrogens (primary N) is 1. The molecule has 0 radical (unpaired) electrons. The minimum absolute atomic E-state index is 0.243. The first-order chi connectivity index (χ1) is 21.3. The molecule has 0 saturated heterocycles. The highest BCUT2D eigenvalue weighted by atomic mass is 16.5. The first kappa shape index (κ1) is 24.0. The number of aliphatic imine (C=N–C) groups is 1. The first-order valence-corrected chi connectivity index (χ1v) is 14.5. The molecule has 0 aliphatic carbocycles. The highest BCUT2D eigenvalue weighted by molar-refractivity contribution is 6.12. The number of anilines is 3. The van der Waals surface area contributed by atoms with Crippen molar-refractivity contribution in [2.24, 2.45) is 4.99 Å². The predicted octanol–water partition coefficient (Wildman–Crippen LogP) is 8.63. The van der Waals surface area contributed by atoms with E-state index in [1.807, 2.05) is 30.3 Å². The number of allylic oxidation sites excluding steroid dienone is 1. The number of ether oxygens (including phenoxy) is 2. The summed E-state index contributed by atoms with van der Waals surface area (Å²) in [6.45, 7) is 0. The molecule has 1 atom stereocenters. The van der Waals surface area contributed by atoms with Gasteiger partial charge in [-0.25, -0.2) is 4.99 Å². The van der Waals surface area contributed by atoms with Gasteiger partial charge in [0.2, 0.25) is 6.17 Å². The van der Waals surface area contributed by atoms with Crippen molar-refractivity contribution >= 4 is 39.2 Å². The third-order valence-corrected chi connectivity index (χ3v) is 8.35. The molecule has 0 fully saturated rings. The van der Waals surface area contributed by atoms with Crippen LogP contribution in [0.25, 0.3) is 16.5 Å². The monoisotopic (exact) mass is 556 g/mol. The summed E-state index contributed by atoms with van der Waals surface area (Å²) in [7, 11) is 0. The van der Waals surface area contributed by atoms with Gasteiger partial charge in [0.15, 0.2) is 23.0 Å². The van der Waals surface area contributed by atoms with Gasteiger partial charge in [-0.15, -0.1) is 0 Å². The van der Waals surface area contributed by atoms with Gasteiger partial charge in [0, 0.05) is 17.2 Å². The average Bonchev–Trinajstić information content (AvgIpc) is 3.07. The van der Waals surface area contributed by atoms with Gasteiger partial charge in [0.25, 0.3) is 0 Å². The van der Waals surface area contributed by atoms with Crippen molar-refractivity contribution < 1.29 is 14.8 Å². The number of hydrogen-bond acceptors (Lipinski definition) is 4. The van der Waals surface area contributed by atoms with E-state index in [9.17, 15) is 0 Å². The lowest BCUT2D eigenvalue weighted by atomic mass is 9.99. The standard InChI is InChI=1S/C38H25N3O2/c1-3-11-24(12-4-1)29-23-30(25-13-5-2-6-14-25)40-38(39-29)28-17-9-18-31-37(28)43-34-20-10-19-33-36(34)41(31)32-21-26-15-7-8-16-27(26)22-35(32)42-33/h1-23,38-39H/p+1. The minimum atomic E-state index is -0.243. The van der Waals surface area contributed by atoms with Gasteiger partial charge in [0.1, 0.15) is 11.4 Å². The van der Waals surface area contributed by atoms with Gasteiger partial charge >= 0.3 is 0 Å². The van der Waals surface area contributed by atoms with E-state index >= 15 is 0 Å². The number of quaternary nitrogens is 1. The lowest BCUT2D eigenvalue weighted by Crippen LogP contribution is -2.82. The van der Waals surface area contributed by atoms with E-state index in [1.54, 1.807) is 0 Å². The molecule has 3 heterocycles. The summed E-state index contributed by atoms with van der Waals surface area (Å²) in [5.74, 6) is 3.17. The number of benzene rings is 6. The van der Waals surface area contributed by atoms with E-state index in [-0.39, 0.29) is 6.17 Å². The summed E-state index contributed by atoms with van der Waals surface area (Å²) in [5.41, 5.74) is 8.22. The van der Waals surface area contributed by atoms with Crippen LogP contribution in [0.5, 0.6) is 23.0 Å². The van der Waals surface area contributed by atoms with Crippen molar-refractivity contribution in [3.63, 3.8) is 0 Å². The van der Waals surface area contributed by atoms with Gasteiger partial charge in [-0.3, -0.25) is 10.2 Å². The van der Waals surface area contributed by atoms with Crippen LogP contribution in [0.3, 0.4) is 0 Å². The van der Waals surface area contributed by atoms with Crippen LogP contribution >= 0.6 is 0 Å². The summed E-state index contributed by atoms with van der Waals surface area (Å²) >= 11 is 0. The summed E-state index contributed by atoms with van der Waals surface area (Å²) in [4.78, 5) is 7.58. The van der Waals surface area contributed by atoms with Crippen molar-refractivity contribution in [2.75, 3.05) is 4.90 Å². The second kappa shape index (κ2) is 9.44. The average molecular weight is 557 g/mol. The molecule has 6 aromatic carbocycles. The summed E-state index contributed by atoms with van der Waals surface area (Å²) in [6.07, 6.45) is 1.94. The van der Waals surface area contributed by atoms with E-state index in [4.69, 9.17) is 14.5 Å². The molecule has 0 saturated carbocycles. The topological polar surface area (TPSA) is 50.7 Å². The Morgan fingerprint density at radius 2 is 1.26 bits per heavy atom. The van der Waals surface area contributed by atoms with Crippen molar-refractivity contribution in [2.45, 2.75) is 6.17 Å². The molecule has 204 valence electrons. The van der Waals surface area contributed by atoms with Crippen molar-refractivity contribution in [1.29, 1.82) is 0 Å². The highest BCUT2D eigenvalue weighted by Gasteiger charge is 2.38. The maximum Gasteiger partial charge on any atom is 0.214 e.